The maximum Gasteiger partial charge on any atom is 0.347 e. The predicted molar refractivity (Wildman–Crippen MR) is 70.0 cm³/mol. The Balaban J connectivity index is 2.85. The summed E-state index contributed by atoms with van der Waals surface area (Å²) in [6, 6.07) is 0. The van der Waals surface area contributed by atoms with Gasteiger partial charge in [-0.15, -0.1) is 0 Å². The summed E-state index contributed by atoms with van der Waals surface area (Å²) in [5, 5.41) is -0.542. The van der Waals surface area contributed by atoms with Crippen molar-refractivity contribution in [1.82, 2.24) is 4.98 Å². The Morgan fingerprint density at radius 1 is 1.47 bits per heavy atom. The standard InChI is InChI=1S/C11H13Cl2FN2O3/c1-3-4-18-11(17)5(2)19-10-7(13)8(15)6(12)9(14)16-10/h5H,3-4H2,1-2H3,(H2,15,16)/t5-/m1/s1. The number of nitrogen functional groups attached to an aromatic ring is 1. The van der Waals surface area contributed by atoms with Crippen LogP contribution < -0.4 is 10.5 Å². The molecule has 1 heterocycles. The van der Waals surface area contributed by atoms with Crippen LogP contribution in [-0.4, -0.2) is 23.7 Å². The molecule has 0 saturated carbocycles. The van der Waals surface area contributed by atoms with Crippen LogP contribution in [0.1, 0.15) is 20.3 Å². The Morgan fingerprint density at radius 3 is 2.68 bits per heavy atom. The van der Waals surface area contributed by atoms with Crippen molar-refractivity contribution >= 4 is 34.9 Å². The van der Waals surface area contributed by atoms with Gasteiger partial charge in [0.2, 0.25) is 11.8 Å². The highest BCUT2D eigenvalue weighted by Gasteiger charge is 2.22. The highest BCUT2D eigenvalue weighted by Crippen LogP contribution is 2.35. The number of carbonyl (C=O) groups excluding carboxylic acids is 1. The number of anilines is 1. The quantitative estimate of drug-likeness (QED) is 0.668. The summed E-state index contributed by atoms with van der Waals surface area (Å²) < 4.78 is 23.3. The summed E-state index contributed by atoms with van der Waals surface area (Å²) >= 11 is 11.3. The van der Waals surface area contributed by atoms with Crippen molar-refractivity contribution in [2.75, 3.05) is 12.3 Å². The van der Waals surface area contributed by atoms with Crippen molar-refractivity contribution in [2.45, 2.75) is 26.4 Å². The van der Waals surface area contributed by atoms with Gasteiger partial charge in [0, 0.05) is 0 Å². The van der Waals surface area contributed by atoms with Crippen LogP contribution in [0.5, 0.6) is 5.88 Å². The van der Waals surface area contributed by atoms with Crippen molar-refractivity contribution in [1.29, 1.82) is 0 Å². The molecule has 0 aliphatic heterocycles. The predicted octanol–water partition coefficient (Wildman–Crippen LogP) is 2.83. The van der Waals surface area contributed by atoms with E-state index in [2.05, 4.69) is 4.98 Å². The lowest BCUT2D eigenvalue weighted by Gasteiger charge is -2.15. The monoisotopic (exact) mass is 310 g/mol. The van der Waals surface area contributed by atoms with E-state index in [-0.39, 0.29) is 23.2 Å². The van der Waals surface area contributed by atoms with Crippen LogP contribution in [0.15, 0.2) is 0 Å². The second-order valence-corrected chi connectivity index (χ2v) is 4.43. The van der Waals surface area contributed by atoms with E-state index < -0.39 is 23.0 Å². The minimum absolute atomic E-state index is 0.151. The van der Waals surface area contributed by atoms with Gasteiger partial charge in [0.1, 0.15) is 10.0 Å². The topological polar surface area (TPSA) is 74.4 Å². The fourth-order valence-electron chi connectivity index (χ4n) is 1.12. The SMILES string of the molecule is CCCOC(=O)[C@@H](C)Oc1nc(F)c(Cl)c(N)c1Cl. The molecule has 0 radical (unpaired) electrons. The van der Waals surface area contributed by atoms with Crippen molar-refractivity contribution < 1.29 is 18.7 Å². The Morgan fingerprint density at radius 2 is 2.11 bits per heavy atom. The molecule has 2 N–H and O–H groups in total. The lowest BCUT2D eigenvalue weighted by atomic mass is 10.4. The van der Waals surface area contributed by atoms with Gasteiger partial charge >= 0.3 is 5.97 Å². The number of nitrogens with zero attached hydrogens (tertiary/aromatic N) is 1. The zero-order valence-corrected chi connectivity index (χ0v) is 11.9. The van der Waals surface area contributed by atoms with Crippen LogP contribution in [0.3, 0.4) is 0 Å². The maximum absolute atomic E-state index is 13.3. The number of carbonyl (C=O) groups is 1. The summed E-state index contributed by atoms with van der Waals surface area (Å²) in [6.45, 7) is 3.55. The molecule has 0 unspecified atom stereocenters. The average Bonchev–Trinajstić information content (AvgIpc) is 2.39. The van der Waals surface area contributed by atoms with E-state index in [0.29, 0.717) is 6.42 Å². The van der Waals surface area contributed by atoms with E-state index in [1.54, 1.807) is 0 Å². The van der Waals surface area contributed by atoms with E-state index >= 15 is 0 Å². The third-order valence-corrected chi connectivity index (χ3v) is 2.84. The van der Waals surface area contributed by atoms with Gasteiger partial charge in [0.05, 0.1) is 12.3 Å². The Kier molecular flexibility index (Phi) is 5.62. The van der Waals surface area contributed by atoms with E-state index in [4.69, 9.17) is 38.4 Å². The molecule has 8 heteroatoms. The summed E-state index contributed by atoms with van der Waals surface area (Å²) in [5.41, 5.74) is 5.28. The van der Waals surface area contributed by atoms with Crippen LogP contribution in [-0.2, 0) is 9.53 Å². The van der Waals surface area contributed by atoms with Gasteiger partial charge < -0.3 is 15.2 Å². The lowest BCUT2D eigenvalue weighted by Crippen LogP contribution is -2.27. The molecule has 1 aromatic heterocycles. The molecular formula is C11H13Cl2FN2O3. The normalized spacial score (nSPS) is 12.1. The van der Waals surface area contributed by atoms with Crippen LogP contribution in [0.2, 0.25) is 10.0 Å². The van der Waals surface area contributed by atoms with Crippen molar-refractivity contribution in [3.8, 4) is 5.88 Å². The molecule has 0 amide bonds. The largest absolute Gasteiger partial charge is 0.463 e. The summed E-state index contributed by atoms with van der Waals surface area (Å²) in [5.74, 6) is -1.93. The first-order valence-electron chi connectivity index (χ1n) is 5.51. The smallest absolute Gasteiger partial charge is 0.347 e. The van der Waals surface area contributed by atoms with Crippen LogP contribution in [0.4, 0.5) is 10.1 Å². The minimum atomic E-state index is -1.02. The highest BCUT2D eigenvalue weighted by molar-refractivity contribution is 6.39. The molecule has 0 saturated heterocycles. The molecule has 1 aromatic rings. The molecule has 0 spiro atoms. The van der Waals surface area contributed by atoms with E-state index in [1.165, 1.54) is 6.92 Å². The van der Waals surface area contributed by atoms with E-state index in [1.807, 2.05) is 6.92 Å². The number of pyridine rings is 1. The van der Waals surface area contributed by atoms with E-state index in [9.17, 15) is 9.18 Å². The first kappa shape index (κ1) is 15.8. The minimum Gasteiger partial charge on any atom is -0.463 e. The third-order valence-electron chi connectivity index (χ3n) is 2.11. The highest BCUT2D eigenvalue weighted by atomic mass is 35.5. The fourth-order valence-corrected chi connectivity index (χ4v) is 1.49. The van der Waals surface area contributed by atoms with Crippen LogP contribution >= 0.6 is 23.2 Å². The molecule has 0 bridgehead atoms. The van der Waals surface area contributed by atoms with Gasteiger partial charge in [-0.1, -0.05) is 30.1 Å². The number of hydrogen-bond acceptors (Lipinski definition) is 5. The molecule has 1 atom stereocenters. The fraction of sp³-hybridized carbons (Fsp3) is 0.455. The summed E-state index contributed by atoms with van der Waals surface area (Å²) in [7, 11) is 0. The Bertz CT molecular complexity index is 485. The first-order chi connectivity index (χ1) is 8.88. The number of esters is 1. The van der Waals surface area contributed by atoms with Crippen molar-refractivity contribution in [2.24, 2.45) is 0 Å². The molecule has 106 valence electrons. The molecular weight excluding hydrogens is 298 g/mol. The molecule has 0 aliphatic rings. The zero-order valence-electron chi connectivity index (χ0n) is 10.4. The summed E-state index contributed by atoms with van der Waals surface area (Å²) in [4.78, 5) is 14.9. The molecule has 0 aliphatic carbocycles. The van der Waals surface area contributed by atoms with E-state index in [0.717, 1.165) is 0 Å². The Hall–Kier alpha value is -1.27. The number of aromatic nitrogens is 1. The number of hydrogen-bond donors (Lipinski definition) is 1. The second kappa shape index (κ2) is 6.77. The molecule has 0 fully saturated rings. The molecule has 1 rings (SSSR count). The van der Waals surface area contributed by atoms with Gasteiger partial charge in [0.15, 0.2) is 6.10 Å². The van der Waals surface area contributed by atoms with Gasteiger partial charge in [-0.25, -0.2) is 4.79 Å². The maximum atomic E-state index is 13.3. The van der Waals surface area contributed by atoms with Gasteiger partial charge in [-0.3, -0.25) is 0 Å². The Labute approximate surface area is 119 Å². The lowest BCUT2D eigenvalue weighted by molar-refractivity contribution is -0.151. The zero-order chi connectivity index (χ0) is 14.6. The average molecular weight is 311 g/mol. The molecule has 5 nitrogen and oxygen atoms in total. The van der Waals surface area contributed by atoms with Crippen molar-refractivity contribution in [3.63, 3.8) is 0 Å². The molecule has 19 heavy (non-hydrogen) atoms. The second-order valence-electron chi connectivity index (χ2n) is 3.68. The third kappa shape index (κ3) is 3.84. The number of halogens is 3. The van der Waals surface area contributed by atoms with Gasteiger partial charge in [0.25, 0.3) is 0 Å². The van der Waals surface area contributed by atoms with Crippen LogP contribution in [0.25, 0.3) is 0 Å². The number of ether oxygens (including phenoxy) is 2. The molecule has 0 aromatic carbocycles. The van der Waals surface area contributed by atoms with Gasteiger partial charge in [-0.05, 0) is 13.3 Å². The summed E-state index contributed by atoms with van der Waals surface area (Å²) in [6.07, 6.45) is -0.309. The number of nitrogens with two attached hydrogens (primary N) is 1. The van der Waals surface area contributed by atoms with Gasteiger partial charge in [-0.2, -0.15) is 9.37 Å². The van der Waals surface area contributed by atoms with Crippen LogP contribution in [0, 0.1) is 5.95 Å². The first-order valence-corrected chi connectivity index (χ1v) is 6.27. The number of rotatable bonds is 5. The van der Waals surface area contributed by atoms with Crippen molar-refractivity contribution in [3.05, 3.63) is 16.0 Å².